The minimum atomic E-state index is -0.890. The molecular weight excluding hydrogens is 326 g/mol. The molecular formula is C16H13ClF2N2O2. The first kappa shape index (κ1) is 16.9. The van der Waals surface area contributed by atoms with Gasteiger partial charge in [-0.25, -0.2) is 8.78 Å². The molecule has 0 aliphatic heterocycles. The molecule has 0 bridgehead atoms. The summed E-state index contributed by atoms with van der Waals surface area (Å²) in [5, 5.41) is 2.80. The number of nitrogens with zero attached hydrogens (tertiary/aromatic N) is 1. The van der Waals surface area contributed by atoms with Gasteiger partial charge in [0.1, 0.15) is 18.2 Å². The van der Waals surface area contributed by atoms with E-state index in [1.165, 1.54) is 11.8 Å². The predicted molar refractivity (Wildman–Crippen MR) is 84.5 cm³/mol. The highest BCUT2D eigenvalue weighted by atomic mass is 35.5. The number of carbonyl (C=O) groups excluding carboxylic acids is 2. The van der Waals surface area contributed by atoms with Gasteiger partial charge in [0.2, 0.25) is 11.8 Å². The summed E-state index contributed by atoms with van der Waals surface area (Å²) in [6, 6.07) is 9.17. The molecule has 0 saturated carbocycles. The minimum Gasteiger partial charge on any atom is -0.322 e. The lowest BCUT2D eigenvalue weighted by Crippen LogP contribution is -2.36. The van der Waals surface area contributed by atoms with Gasteiger partial charge in [0.15, 0.2) is 0 Å². The van der Waals surface area contributed by atoms with Crippen molar-refractivity contribution in [2.45, 2.75) is 6.92 Å². The number of halogens is 3. The number of rotatable bonds is 4. The van der Waals surface area contributed by atoms with Gasteiger partial charge < -0.3 is 10.2 Å². The molecule has 2 aromatic rings. The van der Waals surface area contributed by atoms with Crippen LogP contribution in [0, 0.1) is 11.6 Å². The molecule has 0 saturated heterocycles. The van der Waals surface area contributed by atoms with E-state index >= 15 is 0 Å². The first-order valence-corrected chi connectivity index (χ1v) is 7.03. The molecule has 0 aliphatic carbocycles. The SMILES string of the molecule is CC(=O)N(CC(=O)Nc1ccc(F)cc1F)c1ccc(Cl)cc1. The molecule has 1 N–H and O–H groups in total. The summed E-state index contributed by atoms with van der Waals surface area (Å²) in [7, 11) is 0. The number of anilines is 2. The smallest absolute Gasteiger partial charge is 0.244 e. The van der Waals surface area contributed by atoms with Gasteiger partial charge in [-0.1, -0.05) is 11.6 Å². The van der Waals surface area contributed by atoms with E-state index in [1.807, 2.05) is 0 Å². The summed E-state index contributed by atoms with van der Waals surface area (Å²) >= 11 is 5.78. The van der Waals surface area contributed by atoms with Crippen molar-refractivity contribution in [2.75, 3.05) is 16.8 Å². The molecule has 0 radical (unpaired) electrons. The van der Waals surface area contributed by atoms with E-state index in [0.717, 1.165) is 12.1 Å². The average Bonchev–Trinajstić information content (AvgIpc) is 2.48. The highest BCUT2D eigenvalue weighted by molar-refractivity contribution is 6.30. The van der Waals surface area contributed by atoms with Crippen LogP contribution in [0.15, 0.2) is 42.5 Å². The topological polar surface area (TPSA) is 49.4 Å². The van der Waals surface area contributed by atoms with Crippen LogP contribution in [-0.4, -0.2) is 18.4 Å². The van der Waals surface area contributed by atoms with Crippen molar-refractivity contribution in [3.05, 3.63) is 59.1 Å². The summed E-state index contributed by atoms with van der Waals surface area (Å²) in [4.78, 5) is 24.9. The van der Waals surface area contributed by atoms with E-state index in [9.17, 15) is 18.4 Å². The number of hydrogen-bond acceptors (Lipinski definition) is 2. The highest BCUT2D eigenvalue weighted by Crippen LogP contribution is 2.19. The highest BCUT2D eigenvalue weighted by Gasteiger charge is 2.17. The van der Waals surface area contributed by atoms with Gasteiger partial charge in [0.25, 0.3) is 0 Å². The van der Waals surface area contributed by atoms with E-state index in [0.29, 0.717) is 16.8 Å². The molecule has 0 heterocycles. The first-order valence-electron chi connectivity index (χ1n) is 6.65. The Balaban J connectivity index is 2.12. The minimum absolute atomic E-state index is 0.156. The maximum absolute atomic E-state index is 13.5. The zero-order valence-electron chi connectivity index (χ0n) is 12.1. The molecule has 4 nitrogen and oxygen atoms in total. The first-order chi connectivity index (χ1) is 10.9. The molecule has 7 heteroatoms. The van der Waals surface area contributed by atoms with Crippen molar-refractivity contribution in [3.63, 3.8) is 0 Å². The molecule has 120 valence electrons. The number of carbonyl (C=O) groups is 2. The van der Waals surface area contributed by atoms with Crippen LogP contribution in [0.1, 0.15) is 6.92 Å². The summed E-state index contributed by atoms with van der Waals surface area (Å²) in [6.07, 6.45) is 0. The van der Waals surface area contributed by atoms with E-state index in [2.05, 4.69) is 5.32 Å². The number of nitrogens with one attached hydrogen (secondary N) is 1. The van der Waals surface area contributed by atoms with E-state index in [1.54, 1.807) is 24.3 Å². The van der Waals surface area contributed by atoms with Gasteiger partial charge in [0, 0.05) is 23.7 Å². The molecule has 2 aromatic carbocycles. The van der Waals surface area contributed by atoms with Crippen LogP contribution >= 0.6 is 11.6 Å². The fourth-order valence-corrected chi connectivity index (χ4v) is 2.06. The van der Waals surface area contributed by atoms with Gasteiger partial charge in [-0.05, 0) is 36.4 Å². The van der Waals surface area contributed by atoms with E-state index in [4.69, 9.17) is 11.6 Å². The number of amides is 2. The zero-order valence-corrected chi connectivity index (χ0v) is 12.9. The van der Waals surface area contributed by atoms with Gasteiger partial charge >= 0.3 is 0 Å². The average molecular weight is 339 g/mol. The lowest BCUT2D eigenvalue weighted by atomic mass is 10.2. The molecule has 2 rings (SSSR count). The Morgan fingerprint density at radius 2 is 1.78 bits per heavy atom. The Bertz CT molecular complexity index is 735. The molecule has 0 spiro atoms. The van der Waals surface area contributed by atoms with Crippen molar-refractivity contribution in [1.82, 2.24) is 0 Å². The summed E-state index contributed by atoms with van der Waals surface area (Å²) < 4.78 is 26.4. The fourth-order valence-electron chi connectivity index (χ4n) is 1.93. The summed E-state index contributed by atoms with van der Waals surface area (Å²) in [6.45, 7) is 0.994. The van der Waals surface area contributed by atoms with Gasteiger partial charge in [-0.15, -0.1) is 0 Å². The van der Waals surface area contributed by atoms with Crippen LogP contribution in [0.5, 0.6) is 0 Å². The Morgan fingerprint density at radius 1 is 1.13 bits per heavy atom. The number of benzene rings is 2. The second kappa shape index (κ2) is 7.19. The maximum Gasteiger partial charge on any atom is 0.244 e. The molecule has 0 unspecified atom stereocenters. The fraction of sp³-hybridized carbons (Fsp3) is 0.125. The standard InChI is InChI=1S/C16H13ClF2N2O2/c1-10(22)21(13-5-2-11(17)3-6-13)9-16(23)20-15-7-4-12(18)8-14(15)19/h2-8H,9H2,1H3,(H,20,23). The Labute approximate surface area is 136 Å². The summed E-state index contributed by atoms with van der Waals surface area (Å²) in [5.74, 6) is -2.60. The molecule has 0 fully saturated rings. The van der Waals surface area contributed by atoms with Gasteiger partial charge in [-0.2, -0.15) is 0 Å². The van der Waals surface area contributed by atoms with Crippen LogP contribution < -0.4 is 10.2 Å². The van der Waals surface area contributed by atoms with Crippen molar-refractivity contribution in [3.8, 4) is 0 Å². The van der Waals surface area contributed by atoms with Crippen LogP contribution in [0.3, 0.4) is 0 Å². The second-order valence-corrected chi connectivity index (χ2v) is 5.19. The van der Waals surface area contributed by atoms with Crippen LogP contribution in [-0.2, 0) is 9.59 Å². The lowest BCUT2D eigenvalue weighted by molar-refractivity contribution is -0.120. The van der Waals surface area contributed by atoms with Crippen LogP contribution in [0.4, 0.5) is 20.2 Å². The number of hydrogen-bond donors (Lipinski definition) is 1. The van der Waals surface area contributed by atoms with E-state index in [-0.39, 0.29) is 18.1 Å². The Hall–Kier alpha value is -2.47. The van der Waals surface area contributed by atoms with Crippen molar-refractivity contribution in [2.24, 2.45) is 0 Å². The zero-order chi connectivity index (χ0) is 17.0. The van der Waals surface area contributed by atoms with Crippen LogP contribution in [0.25, 0.3) is 0 Å². The van der Waals surface area contributed by atoms with E-state index < -0.39 is 17.5 Å². The molecule has 0 aliphatic rings. The molecule has 23 heavy (non-hydrogen) atoms. The molecule has 0 atom stereocenters. The van der Waals surface area contributed by atoms with Gasteiger partial charge in [0.05, 0.1) is 5.69 Å². The van der Waals surface area contributed by atoms with Crippen molar-refractivity contribution in [1.29, 1.82) is 0 Å². The second-order valence-electron chi connectivity index (χ2n) is 4.75. The van der Waals surface area contributed by atoms with Crippen molar-refractivity contribution >= 4 is 34.8 Å². The van der Waals surface area contributed by atoms with Crippen molar-refractivity contribution < 1.29 is 18.4 Å². The maximum atomic E-state index is 13.5. The molecule has 2 amide bonds. The Morgan fingerprint density at radius 3 is 2.35 bits per heavy atom. The third-order valence-corrected chi connectivity index (χ3v) is 3.28. The van der Waals surface area contributed by atoms with Gasteiger partial charge in [-0.3, -0.25) is 9.59 Å². The third kappa shape index (κ3) is 4.50. The van der Waals surface area contributed by atoms with Crippen LogP contribution in [0.2, 0.25) is 5.02 Å². The quantitative estimate of drug-likeness (QED) is 0.925. The monoisotopic (exact) mass is 338 g/mol. The molecule has 0 aromatic heterocycles. The lowest BCUT2D eigenvalue weighted by Gasteiger charge is -2.20. The predicted octanol–water partition coefficient (Wildman–Crippen LogP) is 3.61. The third-order valence-electron chi connectivity index (χ3n) is 3.03. The summed E-state index contributed by atoms with van der Waals surface area (Å²) in [5.41, 5.74) is 0.327. The Kier molecular flexibility index (Phi) is 5.28. The normalized spacial score (nSPS) is 10.3. The largest absolute Gasteiger partial charge is 0.322 e.